The predicted molar refractivity (Wildman–Crippen MR) is 113 cm³/mol. The van der Waals surface area contributed by atoms with E-state index in [9.17, 15) is 17.6 Å². The van der Waals surface area contributed by atoms with Gasteiger partial charge in [0.15, 0.2) is 0 Å². The van der Waals surface area contributed by atoms with Gasteiger partial charge in [-0.2, -0.15) is 4.31 Å². The number of rotatable bonds is 4. The van der Waals surface area contributed by atoms with Crippen molar-refractivity contribution in [2.75, 3.05) is 32.1 Å². The van der Waals surface area contributed by atoms with Crippen molar-refractivity contribution >= 4 is 39.3 Å². The van der Waals surface area contributed by atoms with Gasteiger partial charge < -0.3 is 10.1 Å². The molecule has 4 rings (SSSR count). The number of halogens is 2. The topological polar surface area (TPSA) is 75.7 Å². The smallest absolute Gasteiger partial charge is 0.254 e. The molecule has 1 amide bonds. The molecule has 0 spiro atoms. The fourth-order valence-corrected chi connectivity index (χ4v) is 6.25. The summed E-state index contributed by atoms with van der Waals surface area (Å²) >= 11 is 7.77. The largest absolute Gasteiger partial charge is 0.379 e. The van der Waals surface area contributed by atoms with Crippen LogP contribution in [0.15, 0.2) is 46.2 Å². The number of sulfonamides is 1. The molecule has 10 heteroatoms. The molecule has 1 saturated heterocycles. The number of amides is 1. The molecule has 0 unspecified atom stereocenters. The van der Waals surface area contributed by atoms with E-state index in [0.717, 1.165) is 28.3 Å². The maximum absolute atomic E-state index is 14.5. The zero-order valence-corrected chi connectivity index (χ0v) is 18.3. The number of hydrogen-bond donors (Lipinski definition) is 1. The van der Waals surface area contributed by atoms with Crippen molar-refractivity contribution < 1.29 is 22.3 Å². The molecule has 30 heavy (non-hydrogen) atoms. The van der Waals surface area contributed by atoms with Crippen LogP contribution in [0.4, 0.5) is 4.39 Å². The Hall–Kier alpha value is -1.65. The van der Waals surface area contributed by atoms with Crippen molar-refractivity contribution in [2.24, 2.45) is 0 Å². The maximum Gasteiger partial charge on any atom is 0.254 e. The minimum atomic E-state index is -3.84. The molecular weight excluding hydrogens is 451 g/mol. The first kappa shape index (κ1) is 21.6. The summed E-state index contributed by atoms with van der Waals surface area (Å²) in [6.07, 6.45) is 0.664. The Morgan fingerprint density at radius 3 is 2.73 bits per heavy atom. The maximum atomic E-state index is 14.5. The Morgan fingerprint density at radius 1 is 1.20 bits per heavy atom. The third-order valence-electron chi connectivity index (χ3n) is 5.11. The van der Waals surface area contributed by atoms with E-state index in [1.807, 2.05) is 6.07 Å². The fourth-order valence-electron chi connectivity index (χ4n) is 3.53. The lowest BCUT2D eigenvalue weighted by Gasteiger charge is -2.27. The monoisotopic (exact) mass is 470 g/mol. The number of benzene rings is 2. The van der Waals surface area contributed by atoms with E-state index in [0.29, 0.717) is 24.7 Å². The van der Waals surface area contributed by atoms with Crippen molar-refractivity contribution in [3.8, 4) is 0 Å². The summed E-state index contributed by atoms with van der Waals surface area (Å²) in [5, 5.41) is 3.39. The lowest BCUT2D eigenvalue weighted by atomic mass is 10.0. The standard InChI is InChI=1S/C20H20ClFN2O4S2/c21-13-1-4-19-16(11-13)18(5-10-29-19)23-20(25)15-12-14(2-3-17(15)22)30(26,27)24-6-8-28-9-7-24/h1-4,11-12,18H,5-10H2,(H,23,25)/t18-/m0/s1. The molecule has 2 aromatic rings. The van der Waals surface area contributed by atoms with Crippen molar-refractivity contribution in [2.45, 2.75) is 22.3 Å². The lowest BCUT2D eigenvalue weighted by Crippen LogP contribution is -2.40. The molecule has 2 aromatic carbocycles. The van der Waals surface area contributed by atoms with E-state index in [4.69, 9.17) is 16.3 Å². The van der Waals surface area contributed by atoms with Gasteiger partial charge in [0.25, 0.3) is 5.91 Å². The average Bonchev–Trinajstić information content (AvgIpc) is 2.75. The van der Waals surface area contributed by atoms with Crippen LogP contribution in [-0.4, -0.2) is 50.7 Å². The van der Waals surface area contributed by atoms with Crippen LogP contribution in [0, 0.1) is 5.82 Å². The van der Waals surface area contributed by atoms with E-state index in [2.05, 4.69) is 5.32 Å². The van der Waals surface area contributed by atoms with Gasteiger partial charge in [0.05, 0.1) is 29.7 Å². The molecule has 2 aliphatic rings. The van der Waals surface area contributed by atoms with Gasteiger partial charge in [0.1, 0.15) is 5.82 Å². The van der Waals surface area contributed by atoms with Crippen LogP contribution in [0.5, 0.6) is 0 Å². The molecule has 0 saturated carbocycles. The Kier molecular flexibility index (Phi) is 6.36. The van der Waals surface area contributed by atoms with E-state index < -0.39 is 21.7 Å². The van der Waals surface area contributed by atoms with Crippen LogP contribution in [0.2, 0.25) is 5.02 Å². The zero-order chi connectivity index (χ0) is 21.3. The molecule has 1 atom stereocenters. The van der Waals surface area contributed by atoms with Crippen molar-refractivity contribution in [1.29, 1.82) is 0 Å². The highest BCUT2D eigenvalue weighted by Crippen LogP contribution is 2.37. The number of hydrogen-bond acceptors (Lipinski definition) is 5. The third kappa shape index (κ3) is 4.36. The van der Waals surface area contributed by atoms with E-state index in [1.54, 1.807) is 23.9 Å². The van der Waals surface area contributed by atoms with Crippen molar-refractivity contribution in [3.63, 3.8) is 0 Å². The quantitative estimate of drug-likeness (QED) is 0.740. The van der Waals surface area contributed by atoms with Gasteiger partial charge in [-0.1, -0.05) is 11.6 Å². The molecular formula is C20H20ClFN2O4S2. The van der Waals surface area contributed by atoms with Gasteiger partial charge in [-0.25, -0.2) is 12.8 Å². The number of nitrogens with zero attached hydrogens (tertiary/aromatic N) is 1. The van der Waals surface area contributed by atoms with Gasteiger partial charge in [0, 0.05) is 28.8 Å². The average molecular weight is 471 g/mol. The normalized spacial score (nSPS) is 19.9. The fraction of sp³-hybridized carbons (Fsp3) is 0.350. The molecule has 1 N–H and O–H groups in total. The SMILES string of the molecule is O=C(N[C@H]1CCSc2ccc(Cl)cc21)c1cc(S(=O)(=O)N2CCOCC2)ccc1F. The molecule has 1 fully saturated rings. The highest BCUT2D eigenvalue weighted by Gasteiger charge is 2.29. The minimum Gasteiger partial charge on any atom is -0.379 e. The lowest BCUT2D eigenvalue weighted by molar-refractivity contribution is 0.0730. The first-order valence-corrected chi connectivity index (χ1v) is 12.3. The van der Waals surface area contributed by atoms with Crippen LogP contribution >= 0.6 is 23.4 Å². The Morgan fingerprint density at radius 2 is 1.97 bits per heavy atom. The van der Waals surface area contributed by atoms with Gasteiger partial charge >= 0.3 is 0 Å². The zero-order valence-electron chi connectivity index (χ0n) is 15.9. The summed E-state index contributed by atoms with van der Waals surface area (Å²) in [6.45, 7) is 1.04. The second-order valence-electron chi connectivity index (χ2n) is 7.00. The van der Waals surface area contributed by atoms with Crippen LogP contribution in [-0.2, 0) is 14.8 Å². The number of carbonyl (C=O) groups excluding carboxylic acids is 1. The van der Waals surface area contributed by atoms with Crippen molar-refractivity contribution in [3.05, 3.63) is 58.4 Å². The second-order valence-corrected chi connectivity index (χ2v) is 10.5. The Balaban J connectivity index is 1.60. The number of thioether (sulfide) groups is 1. The molecule has 2 aliphatic heterocycles. The number of fused-ring (bicyclic) bond motifs is 1. The summed E-state index contributed by atoms with van der Waals surface area (Å²) in [4.78, 5) is 13.8. The minimum absolute atomic E-state index is 0.112. The van der Waals surface area contributed by atoms with Gasteiger partial charge in [-0.15, -0.1) is 11.8 Å². The highest BCUT2D eigenvalue weighted by atomic mass is 35.5. The second kappa shape index (κ2) is 8.84. The van der Waals surface area contributed by atoms with Gasteiger partial charge in [-0.05, 0) is 48.4 Å². The number of morpholine rings is 1. The molecule has 0 aliphatic carbocycles. The molecule has 0 bridgehead atoms. The highest BCUT2D eigenvalue weighted by molar-refractivity contribution is 7.99. The molecule has 160 valence electrons. The summed E-state index contributed by atoms with van der Waals surface area (Å²) < 4.78 is 46.6. The van der Waals surface area contributed by atoms with Crippen LogP contribution in [0.25, 0.3) is 0 Å². The van der Waals surface area contributed by atoms with Gasteiger partial charge in [-0.3, -0.25) is 4.79 Å². The summed E-state index contributed by atoms with van der Waals surface area (Å²) in [5.41, 5.74) is 0.579. The number of ether oxygens (including phenoxy) is 1. The van der Waals surface area contributed by atoms with Crippen molar-refractivity contribution in [1.82, 2.24) is 9.62 Å². The molecule has 0 radical (unpaired) electrons. The summed E-state index contributed by atoms with van der Waals surface area (Å²) in [6, 6.07) is 8.46. The van der Waals surface area contributed by atoms with Crippen LogP contribution < -0.4 is 5.32 Å². The Labute approximate surface area is 183 Å². The van der Waals surface area contributed by atoms with Crippen LogP contribution in [0.3, 0.4) is 0 Å². The number of carbonyl (C=O) groups is 1. The number of nitrogens with one attached hydrogen (secondary N) is 1. The first-order chi connectivity index (χ1) is 14.4. The van der Waals surface area contributed by atoms with E-state index in [1.165, 1.54) is 10.4 Å². The first-order valence-electron chi connectivity index (χ1n) is 9.47. The van der Waals surface area contributed by atoms with E-state index in [-0.39, 0.29) is 29.6 Å². The third-order valence-corrected chi connectivity index (χ3v) is 8.36. The molecule has 6 nitrogen and oxygen atoms in total. The van der Waals surface area contributed by atoms with E-state index >= 15 is 0 Å². The molecule has 2 heterocycles. The summed E-state index contributed by atoms with van der Waals surface area (Å²) in [5.74, 6) is -0.632. The van der Waals surface area contributed by atoms with Crippen LogP contribution in [0.1, 0.15) is 28.4 Å². The molecule has 0 aromatic heterocycles. The predicted octanol–water partition coefficient (Wildman–Crippen LogP) is 3.47. The Bertz CT molecular complexity index is 1070. The van der Waals surface area contributed by atoms with Gasteiger partial charge in [0.2, 0.25) is 10.0 Å². The summed E-state index contributed by atoms with van der Waals surface area (Å²) in [7, 11) is -3.84.